The van der Waals surface area contributed by atoms with Crippen molar-refractivity contribution < 1.29 is 4.79 Å². The van der Waals surface area contributed by atoms with Crippen molar-refractivity contribution in [1.29, 1.82) is 0 Å². The van der Waals surface area contributed by atoms with Crippen LogP contribution in [-0.2, 0) is 6.42 Å². The molecule has 3 heterocycles. The number of hydrogen-bond acceptors (Lipinski definition) is 5. The highest BCUT2D eigenvalue weighted by Gasteiger charge is 2.33. The van der Waals surface area contributed by atoms with Crippen LogP contribution in [-0.4, -0.2) is 25.4 Å². The topological polar surface area (TPSA) is 60.2 Å². The molecule has 6 heteroatoms. The van der Waals surface area contributed by atoms with Gasteiger partial charge < -0.3 is 0 Å². The lowest BCUT2D eigenvalue weighted by Crippen LogP contribution is -2.29. The molecule has 1 aliphatic carbocycles. The average Bonchev–Trinajstić information content (AvgIpc) is 3.06. The first-order valence-electron chi connectivity index (χ1n) is 6.85. The number of nitrogens with zero attached hydrogens (tertiary/aromatic N) is 4. The first-order valence-corrected chi connectivity index (χ1v) is 7.73. The van der Waals surface area contributed by atoms with Crippen LogP contribution in [0.1, 0.15) is 36.3 Å². The highest BCUT2D eigenvalue weighted by atomic mass is 32.1. The predicted molar refractivity (Wildman–Crippen MR) is 80.5 cm³/mol. The van der Waals surface area contributed by atoms with Crippen LogP contribution in [0, 0.1) is 5.41 Å². The van der Waals surface area contributed by atoms with Gasteiger partial charge in [-0.05, 0) is 23.3 Å². The molecule has 5 nitrogen and oxygen atoms in total. The van der Waals surface area contributed by atoms with E-state index in [1.165, 1.54) is 0 Å². The number of fused-ring (bicyclic) bond motifs is 3. The van der Waals surface area contributed by atoms with Crippen molar-refractivity contribution >= 4 is 22.9 Å². The Kier molecular flexibility index (Phi) is 2.53. The quantitative estimate of drug-likeness (QED) is 0.693. The summed E-state index contributed by atoms with van der Waals surface area (Å²) >= 11 is 1.60. The number of thiophene rings is 1. The van der Waals surface area contributed by atoms with Crippen molar-refractivity contribution in [3.8, 4) is 10.7 Å². The lowest BCUT2D eigenvalue weighted by Gasteiger charge is -2.29. The van der Waals surface area contributed by atoms with Crippen LogP contribution in [0.25, 0.3) is 16.5 Å². The number of aromatic nitrogens is 4. The molecule has 0 unspecified atom stereocenters. The molecule has 0 fully saturated rings. The van der Waals surface area contributed by atoms with Gasteiger partial charge in [0.25, 0.3) is 5.78 Å². The van der Waals surface area contributed by atoms with Crippen LogP contribution in [0.5, 0.6) is 0 Å². The summed E-state index contributed by atoms with van der Waals surface area (Å²) in [7, 11) is 0. The van der Waals surface area contributed by atoms with Crippen LogP contribution >= 0.6 is 11.3 Å². The largest absolute Gasteiger partial charge is 0.294 e. The van der Waals surface area contributed by atoms with Crippen LogP contribution in [0.2, 0.25) is 0 Å². The van der Waals surface area contributed by atoms with Gasteiger partial charge in [-0.3, -0.25) is 4.79 Å². The van der Waals surface area contributed by atoms with Gasteiger partial charge in [0.2, 0.25) is 0 Å². The van der Waals surface area contributed by atoms with Gasteiger partial charge in [0.15, 0.2) is 11.6 Å². The maximum atomic E-state index is 12.3. The molecule has 0 aromatic carbocycles. The number of carbonyl (C=O) groups excluding carboxylic acids is 1. The van der Waals surface area contributed by atoms with Gasteiger partial charge in [0.1, 0.15) is 0 Å². The third kappa shape index (κ3) is 1.98. The van der Waals surface area contributed by atoms with Gasteiger partial charge in [-0.15, -0.1) is 16.4 Å². The zero-order valence-electron chi connectivity index (χ0n) is 11.8. The van der Waals surface area contributed by atoms with E-state index in [1.54, 1.807) is 22.0 Å². The van der Waals surface area contributed by atoms with E-state index in [2.05, 4.69) is 28.9 Å². The monoisotopic (exact) mass is 298 g/mol. The summed E-state index contributed by atoms with van der Waals surface area (Å²) in [6, 6.07) is 3.96. The van der Waals surface area contributed by atoms with Gasteiger partial charge in [-0.1, -0.05) is 19.9 Å². The first-order chi connectivity index (χ1) is 10.0. The maximum Gasteiger partial charge on any atom is 0.253 e. The second-order valence-corrected chi connectivity index (χ2v) is 7.13. The molecular formula is C15H14N4OS. The fraction of sp³-hybridized carbons (Fsp3) is 0.333. The standard InChI is InChI=1S/C15H14N4OS/c1-15(2)6-10-9(11(20)7-15)8-16-14-17-13(18-19(10)14)12-4-3-5-21-12/h3-5,8H,6-7H2,1-2H3. The third-order valence-electron chi connectivity index (χ3n) is 3.79. The molecule has 0 atom stereocenters. The Balaban J connectivity index is 1.95. The Morgan fingerprint density at radius 3 is 2.95 bits per heavy atom. The Hall–Kier alpha value is -2.08. The van der Waals surface area contributed by atoms with E-state index >= 15 is 0 Å². The zero-order chi connectivity index (χ0) is 14.6. The normalized spacial score (nSPS) is 17.1. The summed E-state index contributed by atoms with van der Waals surface area (Å²) in [5, 5.41) is 6.57. The minimum atomic E-state index is -0.0482. The number of hydrogen-bond donors (Lipinski definition) is 0. The summed E-state index contributed by atoms with van der Waals surface area (Å²) in [5.41, 5.74) is 1.56. The molecule has 0 radical (unpaired) electrons. The average molecular weight is 298 g/mol. The molecule has 0 saturated carbocycles. The number of Topliss-reactive ketones (excluding diaryl/α,β-unsaturated/α-hetero) is 1. The molecule has 0 saturated heterocycles. The highest BCUT2D eigenvalue weighted by Crippen LogP contribution is 2.34. The zero-order valence-corrected chi connectivity index (χ0v) is 12.6. The second kappa shape index (κ2) is 4.21. The van der Waals surface area contributed by atoms with Crippen molar-refractivity contribution in [3.05, 3.63) is 35.0 Å². The molecule has 3 aromatic heterocycles. The minimum absolute atomic E-state index is 0.0482. The molecule has 106 valence electrons. The summed E-state index contributed by atoms with van der Waals surface area (Å²) in [6.45, 7) is 4.22. The van der Waals surface area contributed by atoms with E-state index in [0.717, 1.165) is 17.0 Å². The Bertz CT molecular complexity index is 848. The van der Waals surface area contributed by atoms with E-state index in [1.807, 2.05) is 17.5 Å². The summed E-state index contributed by atoms with van der Waals surface area (Å²) in [5.74, 6) is 1.37. The van der Waals surface area contributed by atoms with E-state index in [0.29, 0.717) is 23.6 Å². The number of rotatable bonds is 1. The number of ketones is 1. The van der Waals surface area contributed by atoms with Crippen LogP contribution < -0.4 is 0 Å². The van der Waals surface area contributed by atoms with Gasteiger partial charge in [-0.2, -0.15) is 9.50 Å². The summed E-state index contributed by atoms with van der Waals surface area (Å²) in [4.78, 5) is 22.1. The second-order valence-electron chi connectivity index (χ2n) is 6.18. The maximum absolute atomic E-state index is 12.3. The van der Waals surface area contributed by atoms with Crippen LogP contribution in [0.15, 0.2) is 23.7 Å². The molecular weight excluding hydrogens is 284 g/mol. The van der Waals surface area contributed by atoms with E-state index in [4.69, 9.17) is 0 Å². The lowest BCUT2D eigenvalue weighted by atomic mass is 9.76. The van der Waals surface area contributed by atoms with Crippen molar-refractivity contribution in [1.82, 2.24) is 19.6 Å². The Morgan fingerprint density at radius 2 is 2.19 bits per heavy atom. The summed E-state index contributed by atoms with van der Waals surface area (Å²) < 4.78 is 1.74. The van der Waals surface area contributed by atoms with E-state index in [-0.39, 0.29) is 11.2 Å². The Morgan fingerprint density at radius 1 is 1.33 bits per heavy atom. The third-order valence-corrected chi connectivity index (χ3v) is 4.66. The minimum Gasteiger partial charge on any atom is -0.294 e. The van der Waals surface area contributed by atoms with Gasteiger partial charge in [-0.25, -0.2) is 4.98 Å². The number of carbonyl (C=O) groups is 1. The van der Waals surface area contributed by atoms with Gasteiger partial charge >= 0.3 is 0 Å². The van der Waals surface area contributed by atoms with Crippen molar-refractivity contribution in [2.75, 3.05) is 0 Å². The van der Waals surface area contributed by atoms with Crippen molar-refractivity contribution in [2.24, 2.45) is 5.41 Å². The smallest absolute Gasteiger partial charge is 0.253 e. The molecule has 0 N–H and O–H groups in total. The van der Waals surface area contributed by atoms with Gasteiger partial charge in [0.05, 0.1) is 16.1 Å². The molecule has 3 aromatic rings. The fourth-order valence-electron chi connectivity index (χ4n) is 2.84. The predicted octanol–water partition coefficient (Wildman–Crippen LogP) is 3.01. The lowest BCUT2D eigenvalue weighted by molar-refractivity contribution is 0.0908. The molecule has 0 spiro atoms. The van der Waals surface area contributed by atoms with Gasteiger partial charge in [0, 0.05) is 12.6 Å². The molecule has 0 aliphatic heterocycles. The van der Waals surface area contributed by atoms with Crippen molar-refractivity contribution in [2.45, 2.75) is 26.7 Å². The van der Waals surface area contributed by atoms with Crippen LogP contribution in [0.3, 0.4) is 0 Å². The highest BCUT2D eigenvalue weighted by molar-refractivity contribution is 7.13. The molecule has 4 rings (SSSR count). The summed E-state index contributed by atoms with van der Waals surface area (Å²) in [6.07, 6.45) is 3.01. The SMILES string of the molecule is CC1(C)CC(=O)c2cnc3nc(-c4cccs4)nn3c2C1. The van der Waals surface area contributed by atoms with E-state index in [9.17, 15) is 4.79 Å². The fourth-order valence-corrected chi connectivity index (χ4v) is 3.49. The first kappa shape index (κ1) is 12.6. The van der Waals surface area contributed by atoms with Crippen molar-refractivity contribution in [3.63, 3.8) is 0 Å². The molecule has 0 amide bonds. The molecule has 21 heavy (non-hydrogen) atoms. The Labute approximate surface area is 125 Å². The molecule has 0 bridgehead atoms. The van der Waals surface area contributed by atoms with Crippen LogP contribution in [0.4, 0.5) is 0 Å². The van der Waals surface area contributed by atoms with E-state index < -0.39 is 0 Å². The molecule has 1 aliphatic rings.